The fraction of sp³-hybridized carbons (Fsp3) is 0.125. The maximum atomic E-state index is 11.8. The molecular weight excluding hydrogens is 306 g/mol. The van der Waals surface area contributed by atoms with E-state index in [0.29, 0.717) is 10.6 Å². The van der Waals surface area contributed by atoms with Crippen LogP contribution in [-0.4, -0.2) is 17.2 Å². The molecule has 1 amide bonds. The van der Waals surface area contributed by atoms with Crippen molar-refractivity contribution in [1.82, 2.24) is 5.32 Å². The van der Waals surface area contributed by atoms with Crippen molar-refractivity contribution in [3.63, 3.8) is 0 Å². The van der Waals surface area contributed by atoms with Gasteiger partial charge in [0.15, 0.2) is 6.04 Å². The lowest BCUT2D eigenvalue weighted by Gasteiger charge is -2.15. The summed E-state index contributed by atoms with van der Waals surface area (Å²) in [5.74, 6) is -1.20. The topological polar surface area (TPSA) is 75.6 Å². The molecule has 0 bridgehead atoms. The first-order valence-electron chi connectivity index (χ1n) is 6.52. The van der Waals surface area contributed by atoms with Crippen LogP contribution in [0.2, 0.25) is 5.02 Å². The highest BCUT2D eigenvalue weighted by Crippen LogP contribution is 2.18. The number of benzene rings is 2. The van der Waals surface area contributed by atoms with Crippen LogP contribution in [0.4, 0.5) is 4.79 Å². The SMILES string of the molecule is O=C(N[C@@H](C(=O)O)c1cccc(Cl)c1)OCc1ccccc1. The van der Waals surface area contributed by atoms with Crippen molar-refractivity contribution in [2.75, 3.05) is 0 Å². The zero-order chi connectivity index (χ0) is 15.9. The minimum Gasteiger partial charge on any atom is -0.479 e. The normalized spacial score (nSPS) is 11.5. The van der Waals surface area contributed by atoms with Crippen molar-refractivity contribution in [2.45, 2.75) is 12.6 Å². The van der Waals surface area contributed by atoms with Gasteiger partial charge in [-0.05, 0) is 23.3 Å². The average Bonchev–Trinajstić information content (AvgIpc) is 2.51. The van der Waals surface area contributed by atoms with Crippen LogP contribution in [0.1, 0.15) is 17.2 Å². The summed E-state index contributed by atoms with van der Waals surface area (Å²) in [5, 5.41) is 11.9. The Bertz CT molecular complexity index is 660. The van der Waals surface area contributed by atoms with Gasteiger partial charge >= 0.3 is 12.1 Å². The molecule has 2 aromatic rings. The van der Waals surface area contributed by atoms with E-state index in [1.54, 1.807) is 30.3 Å². The molecule has 0 aliphatic carbocycles. The first-order chi connectivity index (χ1) is 10.6. The predicted octanol–water partition coefficient (Wildman–Crippen LogP) is 3.39. The van der Waals surface area contributed by atoms with E-state index in [-0.39, 0.29) is 6.61 Å². The molecule has 0 radical (unpaired) electrons. The van der Waals surface area contributed by atoms with Crippen molar-refractivity contribution in [1.29, 1.82) is 0 Å². The second-order valence-electron chi connectivity index (χ2n) is 4.53. The van der Waals surface area contributed by atoms with Crippen LogP contribution in [0, 0.1) is 0 Å². The van der Waals surface area contributed by atoms with E-state index in [1.807, 2.05) is 18.2 Å². The van der Waals surface area contributed by atoms with Gasteiger partial charge < -0.3 is 15.2 Å². The van der Waals surface area contributed by atoms with Gasteiger partial charge in [0.05, 0.1) is 0 Å². The zero-order valence-corrected chi connectivity index (χ0v) is 12.3. The summed E-state index contributed by atoms with van der Waals surface area (Å²) in [6.07, 6.45) is -0.809. The molecule has 6 heteroatoms. The Kier molecular flexibility index (Phi) is 5.38. The van der Waals surface area contributed by atoms with E-state index < -0.39 is 18.1 Å². The lowest BCUT2D eigenvalue weighted by molar-refractivity contribution is -0.139. The Labute approximate surface area is 132 Å². The van der Waals surface area contributed by atoms with E-state index in [4.69, 9.17) is 16.3 Å². The smallest absolute Gasteiger partial charge is 0.408 e. The Morgan fingerprint density at radius 2 is 1.86 bits per heavy atom. The maximum Gasteiger partial charge on any atom is 0.408 e. The molecule has 0 fully saturated rings. The predicted molar refractivity (Wildman–Crippen MR) is 81.6 cm³/mol. The molecule has 1 atom stereocenters. The number of carboxylic acid groups (broad SMARTS) is 1. The molecule has 0 aromatic heterocycles. The van der Waals surface area contributed by atoms with Crippen molar-refractivity contribution < 1.29 is 19.4 Å². The van der Waals surface area contributed by atoms with Crippen molar-refractivity contribution >= 4 is 23.7 Å². The van der Waals surface area contributed by atoms with Gasteiger partial charge in [-0.1, -0.05) is 54.1 Å². The number of nitrogens with one attached hydrogen (secondary N) is 1. The minimum absolute atomic E-state index is 0.0640. The monoisotopic (exact) mass is 319 g/mol. The fourth-order valence-corrected chi connectivity index (χ4v) is 2.06. The van der Waals surface area contributed by atoms with Crippen molar-refractivity contribution in [2.24, 2.45) is 0 Å². The number of carbonyl (C=O) groups is 2. The molecule has 2 rings (SSSR count). The van der Waals surface area contributed by atoms with Crippen LogP contribution < -0.4 is 5.32 Å². The van der Waals surface area contributed by atoms with E-state index in [9.17, 15) is 14.7 Å². The van der Waals surface area contributed by atoms with Gasteiger partial charge in [0.25, 0.3) is 0 Å². The van der Waals surface area contributed by atoms with Crippen LogP contribution in [0.3, 0.4) is 0 Å². The number of alkyl carbamates (subject to hydrolysis) is 1. The third-order valence-corrected chi connectivity index (χ3v) is 3.14. The van der Waals surface area contributed by atoms with Crippen molar-refractivity contribution in [3.8, 4) is 0 Å². The molecule has 2 aromatic carbocycles. The molecule has 0 saturated carbocycles. The lowest BCUT2D eigenvalue weighted by atomic mass is 10.1. The molecular formula is C16H14ClNO4. The summed E-state index contributed by atoms with van der Waals surface area (Å²) in [6.45, 7) is 0.0640. The lowest BCUT2D eigenvalue weighted by Crippen LogP contribution is -2.34. The largest absolute Gasteiger partial charge is 0.479 e. The number of carboxylic acids is 1. The van der Waals surface area contributed by atoms with Gasteiger partial charge in [-0.3, -0.25) is 0 Å². The molecule has 0 unspecified atom stereocenters. The molecule has 0 aliphatic heterocycles. The van der Waals surface area contributed by atoms with E-state index in [2.05, 4.69) is 5.32 Å². The van der Waals surface area contributed by atoms with Crippen LogP contribution in [0.5, 0.6) is 0 Å². The number of amides is 1. The number of rotatable bonds is 5. The van der Waals surface area contributed by atoms with Crippen LogP contribution >= 0.6 is 11.6 Å². The summed E-state index contributed by atoms with van der Waals surface area (Å²) < 4.78 is 5.01. The van der Waals surface area contributed by atoms with Crippen LogP contribution in [0.25, 0.3) is 0 Å². The summed E-state index contributed by atoms with van der Waals surface area (Å²) in [6, 6.07) is 14.2. The second kappa shape index (κ2) is 7.47. The standard InChI is InChI=1S/C16H14ClNO4/c17-13-8-4-7-12(9-13)14(15(19)20)18-16(21)22-10-11-5-2-1-3-6-11/h1-9,14H,10H2,(H,18,21)(H,19,20)/t14-/m1/s1. The number of hydrogen-bond donors (Lipinski definition) is 2. The van der Waals surface area contributed by atoms with E-state index in [0.717, 1.165) is 5.56 Å². The molecule has 0 heterocycles. The van der Waals surface area contributed by atoms with Gasteiger partial charge in [-0.2, -0.15) is 0 Å². The van der Waals surface area contributed by atoms with Crippen molar-refractivity contribution in [3.05, 3.63) is 70.7 Å². The van der Waals surface area contributed by atoms with Gasteiger partial charge in [-0.15, -0.1) is 0 Å². The quantitative estimate of drug-likeness (QED) is 0.885. The number of ether oxygens (including phenoxy) is 1. The highest BCUT2D eigenvalue weighted by atomic mass is 35.5. The zero-order valence-electron chi connectivity index (χ0n) is 11.5. The Hall–Kier alpha value is -2.53. The molecule has 0 saturated heterocycles. The average molecular weight is 320 g/mol. The molecule has 2 N–H and O–H groups in total. The highest BCUT2D eigenvalue weighted by molar-refractivity contribution is 6.30. The fourth-order valence-electron chi connectivity index (χ4n) is 1.86. The number of hydrogen-bond acceptors (Lipinski definition) is 3. The van der Waals surface area contributed by atoms with Gasteiger partial charge in [0, 0.05) is 5.02 Å². The van der Waals surface area contributed by atoms with E-state index >= 15 is 0 Å². The second-order valence-corrected chi connectivity index (χ2v) is 4.97. The Balaban J connectivity index is 1.99. The summed E-state index contributed by atoms with van der Waals surface area (Å²) in [5.41, 5.74) is 1.18. The highest BCUT2D eigenvalue weighted by Gasteiger charge is 2.22. The summed E-state index contributed by atoms with van der Waals surface area (Å²) >= 11 is 5.83. The minimum atomic E-state index is -1.22. The van der Waals surface area contributed by atoms with E-state index in [1.165, 1.54) is 6.07 Å². The number of halogens is 1. The first kappa shape index (κ1) is 15.9. The molecule has 0 spiro atoms. The maximum absolute atomic E-state index is 11.8. The molecule has 22 heavy (non-hydrogen) atoms. The van der Waals surface area contributed by atoms with Gasteiger partial charge in [-0.25, -0.2) is 9.59 Å². The molecule has 0 aliphatic rings. The third kappa shape index (κ3) is 4.49. The van der Waals surface area contributed by atoms with Crippen LogP contribution in [0.15, 0.2) is 54.6 Å². The summed E-state index contributed by atoms with van der Waals surface area (Å²) in [7, 11) is 0. The van der Waals surface area contributed by atoms with Gasteiger partial charge in [0.1, 0.15) is 6.61 Å². The first-order valence-corrected chi connectivity index (χ1v) is 6.89. The molecule has 114 valence electrons. The Morgan fingerprint density at radius 1 is 1.14 bits per heavy atom. The van der Waals surface area contributed by atoms with Crippen LogP contribution in [-0.2, 0) is 16.1 Å². The molecule has 5 nitrogen and oxygen atoms in total. The van der Waals surface area contributed by atoms with Gasteiger partial charge in [0.2, 0.25) is 0 Å². The number of aliphatic carboxylic acids is 1. The summed E-state index contributed by atoms with van der Waals surface area (Å²) in [4.78, 5) is 23.1. The Morgan fingerprint density at radius 3 is 2.50 bits per heavy atom. The third-order valence-electron chi connectivity index (χ3n) is 2.90. The number of carbonyl (C=O) groups excluding carboxylic acids is 1.